The molecule has 0 spiro atoms. The zero-order valence-corrected chi connectivity index (χ0v) is 22.9. The van der Waals surface area contributed by atoms with Gasteiger partial charge in [-0.25, -0.2) is 4.79 Å². The van der Waals surface area contributed by atoms with Crippen molar-refractivity contribution in [1.82, 2.24) is 9.80 Å². The minimum absolute atomic E-state index is 0.0703. The number of hydrogen-bond acceptors (Lipinski definition) is 5. The van der Waals surface area contributed by atoms with E-state index in [1.165, 1.54) is 7.11 Å². The largest absolute Gasteiger partial charge is 0.453 e. The minimum atomic E-state index is -0.965. The van der Waals surface area contributed by atoms with Gasteiger partial charge in [-0.1, -0.05) is 31.9 Å². The Balaban J connectivity index is 1.76. The molecule has 2 aliphatic rings. The van der Waals surface area contributed by atoms with Gasteiger partial charge in [0.15, 0.2) is 5.60 Å². The standard InChI is InChI=1S/C30H42N2O5/c1-5-19-31(20-6-2)27(33)13-8-14-28(34)37-30(18-15-24-11-7-10-23(3)22-24)17-9-12-26-25(30)16-21-32(26)29(35)36-4/h7,10-11,22,25-26H,5-6,8-9,12-14,16-17,19-21H2,1-4H3/t25-,26-,30-/m1/s1. The van der Waals surface area contributed by atoms with Crippen molar-refractivity contribution in [2.45, 2.75) is 90.2 Å². The van der Waals surface area contributed by atoms with Crippen LogP contribution in [0.25, 0.3) is 0 Å². The summed E-state index contributed by atoms with van der Waals surface area (Å²) in [7, 11) is 1.40. The number of nitrogens with zero attached hydrogens (tertiary/aromatic N) is 2. The van der Waals surface area contributed by atoms with Crippen LogP contribution in [0, 0.1) is 24.7 Å². The number of carbonyl (C=O) groups excluding carboxylic acids is 3. The maximum atomic E-state index is 13.1. The van der Waals surface area contributed by atoms with Gasteiger partial charge in [-0.05, 0) is 75.5 Å². The van der Waals surface area contributed by atoms with Crippen molar-refractivity contribution in [3.63, 3.8) is 0 Å². The Morgan fingerprint density at radius 2 is 1.89 bits per heavy atom. The van der Waals surface area contributed by atoms with Gasteiger partial charge >= 0.3 is 12.1 Å². The number of esters is 1. The van der Waals surface area contributed by atoms with Gasteiger partial charge in [0.25, 0.3) is 0 Å². The van der Waals surface area contributed by atoms with Crippen molar-refractivity contribution in [3.05, 3.63) is 35.4 Å². The van der Waals surface area contributed by atoms with Crippen LogP contribution in [-0.2, 0) is 19.1 Å². The number of carbonyl (C=O) groups is 3. The molecule has 0 bridgehead atoms. The van der Waals surface area contributed by atoms with E-state index < -0.39 is 5.60 Å². The molecule has 1 aliphatic heterocycles. The molecule has 7 nitrogen and oxygen atoms in total. The minimum Gasteiger partial charge on any atom is -0.453 e. The quantitative estimate of drug-likeness (QED) is 0.342. The molecule has 7 heteroatoms. The fraction of sp³-hybridized carbons (Fsp3) is 0.633. The van der Waals surface area contributed by atoms with Crippen LogP contribution in [0.2, 0.25) is 0 Å². The Morgan fingerprint density at radius 1 is 1.14 bits per heavy atom. The van der Waals surface area contributed by atoms with Gasteiger partial charge in [0.05, 0.1) is 7.11 Å². The third-order valence-electron chi connectivity index (χ3n) is 7.45. The summed E-state index contributed by atoms with van der Waals surface area (Å²) in [5, 5.41) is 0. The zero-order chi connectivity index (χ0) is 26.8. The molecular formula is C30H42N2O5. The van der Waals surface area contributed by atoms with E-state index in [1.54, 1.807) is 4.90 Å². The number of benzene rings is 1. The van der Waals surface area contributed by atoms with Gasteiger partial charge < -0.3 is 19.3 Å². The highest BCUT2D eigenvalue weighted by atomic mass is 16.6. The monoisotopic (exact) mass is 510 g/mol. The lowest BCUT2D eigenvalue weighted by Gasteiger charge is -2.42. The van der Waals surface area contributed by atoms with Gasteiger partial charge in [-0.15, -0.1) is 0 Å². The summed E-state index contributed by atoms with van der Waals surface area (Å²) < 4.78 is 11.2. The Bertz CT molecular complexity index is 1010. The number of methoxy groups -OCH3 is 1. The lowest BCUT2D eigenvalue weighted by molar-refractivity contribution is -0.163. The van der Waals surface area contributed by atoms with Crippen LogP contribution in [0.5, 0.6) is 0 Å². The van der Waals surface area contributed by atoms with Crippen molar-refractivity contribution in [3.8, 4) is 11.8 Å². The molecule has 0 aromatic heterocycles. The third-order valence-corrected chi connectivity index (χ3v) is 7.45. The first kappa shape index (κ1) is 28.6. The van der Waals surface area contributed by atoms with Crippen LogP contribution in [0.1, 0.15) is 82.8 Å². The molecule has 202 valence electrons. The number of ether oxygens (including phenoxy) is 2. The maximum absolute atomic E-state index is 13.1. The topological polar surface area (TPSA) is 76.2 Å². The molecule has 3 atom stereocenters. The van der Waals surface area contributed by atoms with Gasteiger partial charge in [-0.3, -0.25) is 9.59 Å². The molecule has 2 amide bonds. The fourth-order valence-electron chi connectivity index (χ4n) is 5.76. The highest BCUT2D eigenvalue weighted by Crippen LogP contribution is 2.45. The van der Waals surface area contributed by atoms with E-state index in [9.17, 15) is 14.4 Å². The molecule has 3 rings (SSSR count). The Labute approximate surface area is 221 Å². The molecule has 2 fully saturated rings. The number of hydrogen-bond donors (Lipinski definition) is 0. The molecule has 1 aromatic rings. The van der Waals surface area contributed by atoms with E-state index in [1.807, 2.05) is 36.1 Å². The average molecular weight is 511 g/mol. The average Bonchev–Trinajstić information content (AvgIpc) is 3.33. The predicted octanol–water partition coefficient (Wildman–Crippen LogP) is 5.09. The number of likely N-dealkylation sites (tertiary alicyclic amines) is 1. The van der Waals surface area contributed by atoms with Crippen molar-refractivity contribution in [2.75, 3.05) is 26.7 Å². The second kappa shape index (κ2) is 13.5. The van der Waals surface area contributed by atoms with Crippen LogP contribution in [-0.4, -0.2) is 66.2 Å². The van der Waals surface area contributed by atoms with Gasteiger partial charge in [0.1, 0.15) is 0 Å². The van der Waals surface area contributed by atoms with Crippen LogP contribution in [0.3, 0.4) is 0 Å². The SMILES string of the molecule is CCCN(CCC)C(=O)CCCC(=O)O[C@@]1(C#Cc2cccc(C)c2)CCC[C@@H]2[C@H]1CCN2C(=O)OC. The summed E-state index contributed by atoms with van der Waals surface area (Å²) in [4.78, 5) is 41.8. The first-order chi connectivity index (χ1) is 17.8. The van der Waals surface area contributed by atoms with E-state index in [2.05, 4.69) is 25.7 Å². The molecule has 1 aromatic carbocycles. The van der Waals surface area contributed by atoms with Crippen LogP contribution >= 0.6 is 0 Å². The first-order valence-electron chi connectivity index (χ1n) is 13.8. The summed E-state index contributed by atoms with van der Waals surface area (Å²) in [6.45, 7) is 8.20. The van der Waals surface area contributed by atoms with Gasteiger partial charge in [0, 0.05) is 50.0 Å². The smallest absolute Gasteiger partial charge is 0.409 e. The normalized spacial score (nSPS) is 22.4. The fourth-order valence-corrected chi connectivity index (χ4v) is 5.76. The lowest BCUT2D eigenvalue weighted by atomic mass is 9.72. The molecule has 1 saturated heterocycles. The number of aryl methyl sites for hydroxylation is 1. The Morgan fingerprint density at radius 3 is 2.57 bits per heavy atom. The highest BCUT2D eigenvalue weighted by Gasteiger charge is 2.53. The molecule has 1 heterocycles. The summed E-state index contributed by atoms with van der Waals surface area (Å²) in [6.07, 6.45) is 5.42. The maximum Gasteiger partial charge on any atom is 0.409 e. The zero-order valence-electron chi connectivity index (χ0n) is 22.9. The lowest BCUT2D eigenvalue weighted by Crippen LogP contribution is -2.51. The van der Waals surface area contributed by atoms with Crippen molar-refractivity contribution in [2.24, 2.45) is 5.92 Å². The van der Waals surface area contributed by atoms with Crippen molar-refractivity contribution in [1.29, 1.82) is 0 Å². The van der Waals surface area contributed by atoms with Crippen molar-refractivity contribution >= 4 is 18.0 Å². The number of fused-ring (bicyclic) bond motifs is 1. The van der Waals surface area contributed by atoms with E-state index in [0.717, 1.165) is 49.9 Å². The summed E-state index contributed by atoms with van der Waals surface area (Å²) >= 11 is 0. The summed E-state index contributed by atoms with van der Waals surface area (Å²) in [5.74, 6) is 6.31. The van der Waals surface area contributed by atoms with Gasteiger partial charge in [0.2, 0.25) is 5.91 Å². The van der Waals surface area contributed by atoms with E-state index in [4.69, 9.17) is 9.47 Å². The molecule has 1 saturated carbocycles. The van der Waals surface area contributed by atoms with E-state index in [0.29, 0.717) is 32.2 Å². The third kappa shape index (κ3) is 7.28. The second-order valence-electron chi connectivity index (χ2n) is 10.2. The summed E-state index contributed by atoms with van der Waals surface area (Å²) in [6, 6.07) is 7.89. The van der Waals surface area contributed by atoms with E-state index >= 15 is 0 Å². The molecule has 0 radical (unpaired) electrons. The highest BCUT2D eigenvalue weighted by molar-refractivity contribution is 5.77. The van der Waals surface area contributed by atoms with Crippen molar-refractivity contribution < 1.29 is 23.9 Å². The van der Waals surface area contributed by atoms with Crippen LogP contribution < -0.4 is 0 Å². The first-order valence-corrected chi connectivity index (χ1v) is 13.8. The molecular weight excluding hydrogens is 468 g/mol. The molecule has 1 aliphatic carbocycles. The second-order valence-corrected chi connectivity index (χ2v) is 10.2. The van der Waals surface area contributed by atoms with Crippen LogP contribution in [0.4, 0.5) is 4.79 Å². The summed E-state index contributed by atoms with van der Waals surface area (Å²) in [5.41, 5.74) is 1.02. The Kier molecular flexibility index (Phi) is 10.4. The van der Waals surface area contributed by atoms with E-state index in [-0.39, 0.29) is 36.4 Å². The number of rotatable bonds is 9. The van der Waals surface area contributed by atoms with Crippen LogP contribution in [0.15, 0.2) is 24.3 Å². The number of amides is 2. The predicted molar refractivity (Wildman–Crippen MR) is 143 cm³/mol. The molecule has 0 unspecified atom stereocenters. The molecule has 0 N–H and O–H groups in total. The Hall–Kier alpha value is -3.01. The van der Waals surface area contributed by atoms with Gasteiger partial charge in [-0.2, -0.15) is 0 Å². The molecule has 37 heavy (non-hydrogen) atoms.